The van der Waals surface area contributed by atoms with Gasteiger partial charge in [-0.25, -0.2) is 4.98 Å². The monoisotopic (exact) mass is 296 g/mol. The number of hydrogen-bond acceptors (Lipinski definition) is 4. The predicted octanol–water partition coefficient (Wildman–Crippen LogP) is 3.35. The lowest BCUT2D eigenvalue weighted by atomic mass is 10.00. The van der Waals surface area contributed by atoms with Gasteiger partial charge in [-0.1, -0.05) is 37.3 Å². The van der Waals surface area contributed by atoms with Crippen LogP contribution in [0.5, 0.6) is 0 Å². The molecule has 0 aliphatic carbocycles. The topological polar surface area (TPSA) is 32.3 Å². The molecule has 116 valence electrons. The Morgan fingerprint density at radius 3 is 2.59 bits per heavy atom. The van der Waals surface area contributed by atoms with Crippen molar-refractivity contribution in [3.05, 3.63) is 48.2 Å². The van der Waals surface area contributed by atoms with Gasteiger partial charge in [0.05, 0.1) is 0 Å². The quantitative estimate of drug-likeness (QED) is 0.866. The first kappa shape index (κ1) is 14.8. The minimum atomic E-state index is 0.820. The molecule has 0 bridgehead atoms. The fourth-order valence-corrected chi connectivity index (χ4v) is 2.85. The van der Waals surface area contributed by atoms with E-state index in [1.807, 2.05) is 18.3 Å². The van der Waals surface area contributed by atoms with E-state index < -0.39 is 0 Å². The summed E-state index contributed by atoms with van der Waals surface area (Å²) in [6.07, 6.45) is 4.33. The summed E-state index contributed by atoms with van der Waals surface area (Å²) in [7, 11) is 2.08. The molecular weight excluding hydrogens is 272 g/mol. The number of piperidine rings is 1. The zero-order valence-corrected chi connectivity index (χ0v) is 13.4. The van der Waals surface area contributed by atoms with Crippen LogP contribution >= 0.6 is 0 Å². The highest BCUT2D eigenvalue weighted by molar-refractivity contribution is 5.44. The third-order valence-electron chi connectivity index (χ3n) is 4.35. The van der Waals surface area contributed by atoms with Crippen molar-refractivity contribution in [1.29, 1.82) is 0 Å². The predicted molar refractivity (Wildman–Crippen MR) is 91.2 cm³/mol. The largest absolute Gasteiger partial charge is 0.355 e. The molecule has 1 aliphatic heterocycles. The van der Waals surface area contributed by atoms with E-state index in [2.05, 4.69) is 53.0 Å². The zero-order valence-electron chi connectivity index (χ0n) is 13.4. The lowest BCUT2D eigenvalue weighted by Gasteiger charge is -2.30. The molecular formula is C18H24N4. The van der Waals surface area contributed by atoms with Crippen molar-refractivity contribution in [2.75, 3.05) is 29.9 Å². The van der Waals surface area contributed by atoms with Crippen LogP contribution in [0.2, 0.25) is 0 Å². The Kier molecular flexibility index (Phi) is 4.56. The van der Waals surface area contributed by atoms with Gasteiger partial charge in [-0.05, 0) is 30.4 Å². The Labute approximate surface area is 132 Å². The summed E-state index contributed by atoms with van der Waals surface area (Å²) < 4.78 is 0. The van der Waals surface area contributed by atoms with Crippen LogP contribution in [0, 0.1) is 5.92 Å². The summed E-state index contributed by atoms with van der Waals surface area (Å²) in [5.41, 5.74) is 1.29. The van der Waals surface area contributed by atoms with Crippen LogP contribution in [0.3, 0.4) is 0 Å². The molecule has 0 radical (unpaired) electrons. The Balaban J connectivity index is 1.70. The Bertz CT molecular complexity index is 591. The van der Waals surface area contributed by atoms with Crippen molar-refractivity contribution in [3.8, 4) is 0 Å². The van der Waals surface area contributed by atoms with Gasteiger partial charge in [-0.3, -0.25) is 0 Å². The van der Waals surface area contributed by atoms with E-state index in [9.17, 15) is 0 Å². The molecule has 1 saturated heterocycles. The normalized spacial score (nSPS) is 15.8. The molecule has 0 atom stereocenters. The van der Waals surface area contributed by atoms with Crippen LogP contribution in [-0.4, -0.2) is 30.1 Å². The van der Waals surface area contributed by atoms with E-state index >= 15 is 0 Å². The van der Waals surface area contributed by atoms with E-state index in [1.54, 1.807) is 0 Å². The summed E-state index contributed by atoms with van der Waals surface area (Å²) in [6.45, 7) is 5.30. The van der Waals surface area contributed by atoms with E-state index in [-0.39, 0.29) is 0 Å². The van der Waals surface area contributed by atoms with Crippen LogP contribution in [0.1, 0.15) is 25.3 Å². The first-order valence-electron chi connectivity index (χ1n) is 8.05. The highest BCUT2D eigenvalue weighted by Gasteiger charge is 2.18. The summed E-state index contributed by atoms with van der Waals surface area (Å²) >= 11 is 0. The second kappa shape index (κ2) is 6.77. The molecule has 0 saturated carbocycles. The van der Waals surface area contributed by atoms with E-state index in [0.29, 0.717) is 0 Å². The van der Waals surface area contributed by atoms with Crippen molar-refractivity contribution in [1.82, 2.24) is 9.97 Å². The molecule has 2 heterocycles. The summed E-state index contributed by atoms with van der Waals surface area (Å²) in [5, 5.41) is 0. The van der Waals surface area contributed by atoms with Crippen molar-refractivity contribution >= 4 is 11.8 Å². The molecule has 4 nitrogen and oxygen atoms in total. The van der Waals surface area contributed by atoms with Gasteiger partial charge < -0.3 is 9.80 Å². The van der Waals surface area contributed by atoms with Crippen molar-refractivity contribution in [2.45, 2.75) is 26.3 Å². The average Bonchev–Trinajstić information content (AvgIpc) is 2.56. The minimum Gasteiger partial charge on any atom is -0.355 e. The maximum atomic E-state index is 4.76. The summed E-state index contributed by atoms with van der Waals surface area (Å²) in [5.74, 6) is 2.66. The molecule has 1 aromatic heterocycles. The Morgan fingerprint density at radius 1 is 1.14 bits per heavy atom. The highest BCUT2D eigenvalue weighted by atomic mass is 15.3. The molecule has 1 fully saturated rings. The standard InChI is InChI=1S/C18H24N4/c1-15-9-12-22(13-10-15)18-19-11-8-17(20-18)21(2)14-16-6-4-3-5-7-16/h3-8,11,15H,9-10,12-14H2,1-2H3. The van der Waals surface area contributed by atoms with Crippen molar-refractivity contribution < 1.29 is 0 Å². The molecule has 3 rings (SSSR count). The van der Waals surface area contributed by atoms with Crippen molar-refractivity contribution in [2.24, 2.45) is 5.92 Å². The number of aromatic nitrogens is 2. The van der Waals surface area contributed by atoms with Gasteiger partial charge in [-0.15, -0.1) is 0 Å². The fraction of sp³-hybridized carbons (Fsp3) is 0.444. The van der Waals surface area contributed by atoms with E-state index in [1.165, 1.54) is 18.4 Å². The lowest BCUT2D eigenvalue weighted by Crippen LogP contribution is -2.34. The van der Waals surface area contributed by atoms with Crippen LogP contribution in [0.25, 0.3) is 0 Å². The van der Waals surface area contributed by atoms with Gasteiger partial charge in [0, 0.05) is 32.9 Å². The molecule has 4 heteroatoms. The third-order valence-corrected chi connectivity index (χ3v) is 4.35. The molecule has 2 aromatic rings. The number of hydrogen-bond donors (Lipinski definition) is 0. The van der Waals surface area contributed by atoms with Crippen LogP contribution < -0.4 is 9.80 Å². The zero-order chi connectivity index (χ0) is 15.4. The maximum absolute atomic E-state index is 4.76. The molecule has 22 heavy (non-hydrogen) atoms. The Hall–Kier alpha value is -2.10. The second-order valence-electron chi connectivity index (χ2n) is 6.23. The molecule has 0 amide bonds. The summed E-state index contributed by atoms with van der Waals surface area (Å²) in [6, 6.07) is 12.5. The highest BCUT2D eigenvalue weighted by Crippen LogP contribution is 2.21. The maximum Gasteiger partial charge on any atom is 0.227 e. The Morgan fingerprint density at radius 2 is 1.86 bits per heavy atom. The average molecular weight is 296 g/mol. The lowest BCUT2D eigenvalue weighted by molar-refractivity contribution is 0.434. The number of nitrogens with zero attached hydrogens (tertiary/aromatic N) is 4. The fourth-order valence-electron chi connectivity index (χ4n) is 2.85. The van der Waals surface area contributed by atoms with Gasteiger partial charge in [-0.2, -0.15) is 4.98 Å². The summed E-state index contributed by atoms with van der Waals surface area (Å²) in [4.78, 5) is 13.7. The third kappa shape index (κ3) is 3.56. The first-order chi connectivity index (χ1) is 10.7. The smallest absolute Gasteiger partial charge is 0.227 e. The molecule has 0 spiro atoms. The molecule has 0 N–H and O–H groups in total. The van der Waals surface area contributed by atoms with Crippen LogP contribution in [0.4, 0.5) is 11.8 Å². The van der Waals surface area contributed by atoms with Gasteiger partial charge >= 0.3 is 0 Å². The van der Waals surface area contributed by atoms with Crippen LogP contribution in [-0.2, 0) is 6.54 Å². The molecule has 1 aliphatic rings. The van der Waals surface area contributed by atoms with Gasteiger partial charge in [0.2, 0.25) is 5.95 Å². The van der Waals surface area contributed by atoms with E-state index in [0.717, 1.165) is 37.3 Å². The van der Waals surface area contributed by atoms with Gasteiger partial charge in [0.1, 0.15) is 5.82 Å². The van der Waals surface area contributed by atoms with Gasteiger partial charge in [0.25, 0.3) is 0 Å². The second-order valence-corrected chi connectivity index (χ2v) is 6.23. The number of rotatable bonds is 4. The van der Waals surface area contributed by atoms with E-state index in [4.69, 9.17) is 4.98 Å². The molecule has 0 unspecified atom stereocenters. The number of benzene rings is 1. The van der Waals surface area contributed by atoms with Crippen molar-refractivity contribution in [3.63, 3.8) is 0 Å². The number of anilines is 2. The first-order valence-corrected chi connectivity index (χ1v) is 8.05. The van der Waals surface area contributed by atoms with Gasteiger partial charge in [0.15, 0.2) is 0 Å². The SMILES string of the molecule is CC1CCN(c2nccc(N(C)Cc3ccccc3)n2)CC1. The van der Waals surface area contributed by atoms with Crippen LogP contribution in [0.15, 0.2) is 42.6 Å². The molecule has 1 aromatic carbocycles. The minimum absolute atomic E-state index is 0.820.